The van der Waals surface area contributed by atoms with E-state index < -0.39 is 17.6 Å². The van der Waals surface area contributed by atoms with Gasteiger partial charge in [0.1, 0.15) is 22.6 Å². The summed E-state index contributed by atoms with van der Waals surface area (Å²) in [5.41, 5.74) is 7.82. The van der Waals surface area contributed by atoms with E-state index in [0.717, 1.165) is 17.7 Å². The smallest absolute Gasteiger partial charge is 0.416 e. The van der Waals surface area contributed by atoms with Crippen molar-refractivity contribution in [2.24, 2.45) is 0 Å². The second-order valence-electron chi connectivity index (χ2n) is 8.02. The summed E-state index contributed by atoms with van der Waals surface area (Å²) in [6.45, 7) is 0.138. The van der Waals surface area contributed by atoms with Crippen LogP contribution in [0.4, 0.5) is 19.0 Å². The average molecular weight is 491 g/mol. The van der Waals surface area contributed by atoms with Gasteiger partial charge < -0.3 is 15.8 Å². The van der Waals surface area contributed by atoms with E-state index in [2.05, 4.69) is 15.3 Å². The Hall–Kier alpha value is -4.60. The summed E-state index contributed by atoms with van der Waals surface area (Å²) in [5.74, 6) is -0.0150. The highest BCUT2D eigenvalue weighted by Crippen LogP contribution is 2.34. The number of fused-ring (bicyclic) bond motifs is 2. The lowest BCUT2D eigenvalue weighted by molar-refractivity contribution is -0.137. The maximum atomic E-state index is 13.4. The van der Waals surface area contributed by atoms with Crippen LogP contribution in [-0.2, 0) is 12.7 Å². The van der Waals surface area contributed by atoms with Crippen molar-refractivity contribution in [3.63, 3.8) is 0 Å². The van der Waals surface area contributed by atoms with Crippen LogP contribution >= 0.6 is 0 Å². The molecule has 182 valence electrons. The highest BCUT2D eigenvalue weighted by atomic mass is 19.4. The number of nitrogens with one attached hydrogen (secondary N) is 1. The number of methoxy groups -OCH3 is 1. The molecular weight excluding hydrogens is 471 g/mol. The zero-order valence-electron chi connectivity index (χ0n) is 19.0. The number of hydrogen-bond acceptors (Lipinski definition) is 5. The van der Waals surface area contributed by atoms with E-state index in [9.17, 15) is 18.0 Å². The van der Waals surface area contributed by atoms with Crippen LogP contribution in [0.2, 0.25) is 0 Å². The largest absolute Gasteiger partial charge is 0.496 e. The summed E-state index contributed by atoms with van der Waals surface area (Å²) in [6, 6.07) is 18.9. The number of carbonyl (C=O) groups is 1. The molecule has 0 atom stereocenters. The fourth-order valence-corrected chi connectivity index (χ4v) is 4.08. The van der Waals surface area contributed by atoms with E-state index in [1.54, 1.807) is 30.3 Å². The summed E-state index contributed by atoms with van der Waals surface area (Å²) in [6.07, 6.45) is -4.55. The number of aromatic nitrogens is 3. The summed E-state index contributed by atoms with van der Waals surface area (Å²) in [5, 5.41) is 2.81. The van der Waals surface area contributed by atoms with Crippen LogP contribution < -0.4 is 15.8 Å². The van der Waals surface area contributed by atoms with Gasteiger partial charge in [-0.15, -0.1) is 0 Å². The van der Waals surface area contributed by atoms with Crippen molar-refractivity contribution < 1.29 is 22.7 Å². The molecule has 0 saturated heterocycles. The Labute approximate surface area is 203 Å². The summed E-state index contributed by atoms with van der Waals surface area (Å²) in [4.78, 5) is 22.6. The molecule has 3 N–H and O–H groups in total. The van der Waals surface area contributed by atoms with Gasteiger partial charge in [0.15, 0.2) is 5.65 Å². The predicted octanol–water partition coefficient (Wildman–Crippen LogP) is 5.11. The lowest BCUT2D eigenvalue weighted by Crippen LogP contribution is -2.24. The molecule has 0 aliphatic carbocycles. The van der Waals surface area contributed by atoms with E-state index >= 15 is 0 Å². The second kappa shape index (κ2) is 8.88. The van der Waals surface area contributed by atoms with Crippen molar-refractivity contribution >= 4 is 33.9 Å². The van der Waals surface area contributed by atoms with Crippen LogP contribution in [0.3, 0.4) is 0 Å². The van der Waals surface area contributed by atoms with E-state index in [4.69, 9.17) is 10.5 Å². The average Bonchev–Trinajstić information content (AvgIpc) is 3.16. The summed E-state index contributed by atoms with van der Waals surface area (Å²) in [7, 11) is 1.53. The Balaban J connectivity index is 1.66. The molecule has 0 unspecified atom stereocenters. The summed E-state index contributed by atoms with van der Waals surface area (Å²) >= 11 is 0. The van der Waals surface area contributed by atoms with Crippen molar-refractivity contribution in [1.82, 2.24) is 19.9 Å². The molecule has 0 radical (unpaired) electrons. The SMILES string of the molecule is COc1ccccc1CNC(=O)c1c(N)n(-c2cccc(C(F)(F)F)c2)c2nc3ccccc3nc12. The van der Waals surface area contributed by atoms with Crippen LogP contribution in [0.25, 0.3) is 27.9 Å². The molecule has 0 spiro atoms. The van der Waals surface area contributed by atoms with E-state index in [-0.39, 0.29) is 34.8 Å². The Morgan fingerprint density at radius 2 is 1.69 bits per heavy atom. The molecule has 1 amide bonds. The first-order valence-corrected chi connectivity index (χ1v) is 10.9. The van der Waals surface area contributed by atoms with Crippen LogP contribution in [0.1, 0.15) is 21.5 Å². The van der Waals surface area contributed by atoms with Crippen molar-refractivity contribution in [3.8, 4) is 11.4 Å². The summed E-state index contributed by atoms with van der Waals surface area (Å²) < 4.78 is 46.9. The third kappa shape index (κ3) is 4.06. The molecule has 7 nitrogen and oxygen atoms in total. The number of benzene rings is 3. The Kier molecular flexibility index (Phi) is 5.71. The fourth-order valence-electron chi connectivity index (χ4n) is 4.08. The van der Waals surface area contributed by atoms with Crippen LogP contribution in [-0.4, -0.2) is 27.6 Å². The number of halogens is 3. The number of ether oxygens (including phenoxy) is 1. The van der Waals surface area contributed by atoms with Crippen molar-refractivity contribution in [3.05, 3.63) is 89.5 Å². The molecule has 3 aromatic carbocycles. The minimum atomic E-state index is -4.55. The molecule has 0 aliphatic heterocycles. The monoisotopic (exact) mass is 491 g/mol. The number of para-hydroxylation sites is 3. The van der Waals surface area contributed by atoms with Crippen LogP contribution in [0.5, 0.6) is 5.75 Å². The minimum Gasteiger partial charge on any atom is -0.496 e. The van der Waals surface area contributed by atoms with E-state index in [0.29, 0.717) is 16.8 Å². The minimum absolute atomic E-state index is 0.0237. The van der Waals surface area contributed by atoms with Gasteiger partial charge in [-0.05, 0) is 36.4 Å². The molecule has 36 heavy (non-hydrogen) atoms. The molecule has 5 aromatic rings. The van der Waals surface area contributed by atoms with Gasteiger partial charge in [-0.25, -0.2) is 9.97 Å². The molecule has 5 rings (SSSR count). The molecule has 0 bridgehead atoms. The number of alkyl halides is 3. The van der Waals surface area contributed by atoms with E-state index in [1.165, 1.54) is 23.8 Å². The number of anilines is 1. The number of nitrogen functional groups attached to an aromatic ring is 1. The number of carbonyl (C=O) groups excluding carboxylic acids is 1. The molecule has 2 heterocycles. The zero-order chi connectivity index (χ0) is 25.4. The van der Waals surface area contributed by atoms with Crippen molar-refractivity contribution in [2.75, 3.05) is 12.8 Å². The number of amides is 1. The normalized spacial score (nSPS) is 11.7. The van der Waals surface area contributed by atoms with Crippen molar-refractivity contribution in [2.45, 2.75) is 12.7 Å². The highest BCUT2D eigenvalue weighted by Gasteiger charge is 2.31. The molecule has 0 fully saturated rings. The number of rotatable bonds is 5. The third-order valence-electron chi connectivity index (χ3n) is 5.79. The quantitative estimate of drug-likeness (QED) is 0.356. The maximum absolute atomic E-state index is 13.4. The number of nitrogens with zero attached hydrogens (tertiary/aromatic N) is 3. The van der Waals surface area contributed by atoms with Gasteiger partial charge in [0.2, 0.25) is 0 Å². The Morgan fingerprint density at radius 1 is 1.00 bits per heavy atom. The van der Waals surface area contributed by atoms with Gasteiger partial charge in [0, 0.05) is 17.8 Å². The highest BCUT2D eigenvalue weighted by molar-refractivity contribution is 6.11. The molecular formula is C26H20F3N5O2. The Morgan fingerprint density at radius 3 is 2.42 bits per heavy atom. The number of hydrogen-bond donors (Lipinski definition) is 2. The molecule has 2 aromatic heterocycles. The van der Waals surface area contributed by atoms with Crippen LogP contribution in [0, 0.1) is 0 Å². The topological polar surface area (TPSA) is 95.1 Å². The standard InChI is InChI=1S/C26H20F3N5O2/c1-36-20-12-5-2-7-15(20)14-31-25(35)21-22-24(33-19-11-4-3-10-18(19)32-22)34(23(21)30)17-9-6-8-16(13-17)26(27,28)29/h2-13H,14,30H2,1H3,(H,31,35). The van der Waals surface area contributed by atoms with Gasteiger partial charge >= 0.3 is 6.18 Å². The predicted molar refractivity (Wildman–Crippen MR) is 130 cm³/mol. The molecule has 10 heteroatoms. The van der Waals surface area contributed by atoms with Gasteiger partial charge in [0.25, 0.3) is 5.91 Å². The zero-order valence-corrected chi connectivity index (χ0v) is 19.0. The van der Waals surface area contributed by atoms with E-state index in [1.807, 2.05) is 18.2 Å². The fraction of sp³-hybridized carbons (Fsp3) is 0.115. The van der Waals surface area contributed by atoms with Crippen LogP contribution in [0.15, 0.2) is 72.8 Å². The molecule has 0 aliphatic rings. The lowest BCUT2D eigenvalue weighted by Gasteiger charge is -2.12. The maximum Gasteiger partial charge on any atom is 0.416 e. The van der Waals surface area contributed by atoms with Crippen molar-refractivity contribution in [1.29, 1.82) is 0 Å². The first kappa shape index (κ1) is 23.2. The Bertz CT molecular complexity index is 1610. The second-order valence-corrected chi connectivity index (χ2v) is 8.02. The third-order valence-corrected chi connectivity index (χ3v) is 5.79. The number of nitrogens with two attached hydrogens (primary N) is 1. The molecule has 0 saturated carbocycles. The van der Waals surface area contributed by atoms with Gasteiger partial charge in [-0.1, -0.05) is 36.4 Å². The van der Waals surface area contributed by atoms with Gasteiger partial charge in [-0.2, -0.15) is 13.2 Å². The first-order chi connectivity index (χ1) is 17.3. The van der Waals surface area contributed by atoms with Gasteiger partial charge in [0.05, 0.1) is 23.7 Å². The van der Waals surface area contributed by atoms with Gasteiger partial charge in [-0.3, -0.25) is 9.36 Å². The first-order valence-electron chi connectivity index (χ1n) is 10.9. The lowest BCUT2D eigenvalue weighted by atomic mass is 10.2.